The van der Waals surface area contributed by atoms with Gasteiger partial charge in [0.25, 0.3) is 0 Å². The van der Waals surface area contributed by atoms with Gasteiger partial charge in [-0.15, -0.1) is 11.3 Å². The molecule has 0 bridgehead atoms. The number of aromatic nitrogens is 1. The Hall–Kier alpha value is -1.72. The fourth-order valence-corrected chi connectivity index (χ4v) is 3.11. The smallest absolute Gasteiger partial charge is 0.229 e. The lowest BCUT2D eigenvalue weighted by Crippen LogP contribution is -2.42. The molecule has 1 aromatic heterocycles. The molecule has 0 aliphatic rings. The number of thiazole rings is 1. The Balaban J connectivity index is 2.10. The molecule has 0 saturated carbocycles. The van der Waals surface area contributed by atoms with Gasteiger partial charge in [0.05, 0.1) is 22.7 Å². The first-order chi connectivity index (χ1) is 10.9. The molecule has 0 atom stereocenters. The van der Waals surface area contributed by atoms with Crippen molar-refractivity contribution in [1.29, 1.82) is 0 Å². The minimum Gasteiger partial charge on any atom is -0.389 e. The van der Waals surface area contributed by atoms with Crippen LogP contribution in [-0.2, 0) is 24.2 Å². The number of carbonyl (C=O) groups excluding carboxylic acids is 1. The van der Waals surface area contributed by atoms with Gasteiger partial charge in [-0.05, 0) is 25.8 Å². The second kappa shape index (κ2) is 7.70. The van der Waals surface area contributed by atoms with E-state index in [0.717, 1.165) is 22.7 Å². The highest BCUT2D eigenvalue weighted by atomic mass is 32.1. The summed E-state index contributed by atoms with van der Waals surface area (Å²) in [5.41, 5.74) is 0.935. The molecule has 0 fully saturated rings. The van der Waals surface area contributed by atoms with Crippen LogP contribution in [0.1, 0.15) is 37.0 Å². The fraction of sp³-hybridized carbons (Fsp3) is 0.444. The molecule has 0 spiro atoms. The van der Waals surface area contributed by atoms with Crippen LogP contribution in [0, 0.1) is 0 Å². The number of nitrogens with zero attached hydrogens (tertiary/aromatic N) is 2. The maximum absolute atomic E-state index is 12.7. The zero-order valence-electron chi connectivity index (χ0n) is 14.0. The summed E-state index contributed by atoms with van der Waals surface area (Å²) in [5.74, 6) is -0.0102. The van der Waals surface area contributed by atoms with Gasteiger partial charge in [0.1, 0.15) is 0 Å². The van der Waals surface area contributed by atoms with Gasteiger partial charge in [0, 0.05) is 18.5 Å². The maximum Gasteiger partial charge on any atom is 0.229 e. The summed E-state index contributed by atoms with van der Waals surface area (Å²) in [5, 5.41) is 13.1. The van der Waals surface area contributed by atoms with Gasteiger partial charge in [0.15, 0.2) is 0 Å². The number of aliphatic hydroxyl groups is 1. The van der Waals surface area contributed by atoms with E-state index in [4.69, 9.17) is 0 Å². The zero-order valence-corrected chi connectivity index (χ0v) is 14.8. The molecule has 1 aromatic carbocycles. The van der Waals surface area contributed by atoms with Crippen molar-refractivity contribution in [2.75, 3.05) is 6.54 Å². The predicted molar refractivity (Wildman–Crippen MR) is 93.4 cm³/mol. The summed E-state index contributed by atoms with van der Waals surface area (Å²) in [4.78, 5) is 18.8. The van der Waals surface area contributed by atoms with E-state index in [0.29, 0.717) is 13.1 Å². The highest BCUT2D eigenvalue weighted by Gasteiger charge is 2.23. The largest absolute Gasteiger partial charge is 0.389 e. The minimum atomic E-state index is -0.929. The fourth-order valence-electron chi connectivity index (χ4n) is 2.36. The van der Waals surface area contributed by atoms with Crippen molar-refractivity contribution in [1.82, 2.24) is 9.88 Å². The summed E-state index contributed by atoms with van der Waals surface area (Å²) >= 11 is 1.59. The number of carbonyl (C=O) groups is 1. The highest BCUT2D eigenvalue weighted by molar-refractivity contribution is 7.09. The predicted octanol–water partition coefficient (Wildman–Crippen LogP) is 3.05. The first-order valence-electron chi connectivity index (χ1n) is 7.85. The lowest BCUT2D eigenvalue weighted by molar-refractivity contribution is -0.134. The van der Waals surface area contributed by atoms with Gasteiger partial charge in [-0.3, -0.25) is 4.79 Å². The Morgan fingerprint density at radius 3 is 2.57 bits per heavy atom. The van der Waals surface area contributed by atoms with E-state index < -0.39 is 5.60 Å². The molecule has 5 heteroatoms. The van der Waals surface area contributed by atoms with Gasteiger partial charge in [-0.25, -0.2) is 4.98 Å². The van der Waals surface area contributed by atoms with Crippen LogP contribution in [0.2, 0.25) is 0 Å². The summed E-state index contributed by atoms with van der Waals surface area (Å²) in [6, 6.07) is 9.84. The van der Waals surface area contributed by atoms with Crippen LogP contribution in [-0.4, -0.2) is 33.0 Å². The molecule has 23 heavy (non-hydrogen) atoms. The Morgan fingerprint density at radius 1 is 1.30 bits per heavy atom. The van der Waals surface area contributed by atoms with E-state index in [1.807, 2.05) is 35.7 Å². The number of hydrogen-bond donors (Lipinski definition) is 1. The Labute approximate surface area is 141 Å². The van der Waals surface area contributed by atoms with Crippen LogP contribution in [0.3, 0.4) is 0 Å². The van der Waals surface area contributed by atoms with Crippen LogP contribution in [0.5, 0.6) is 0 Å². The molecule has 4 nitrogen and oxygen atoms in total. The van der Waals surface area contributed by atoms with Crippen LogP contribution in [0.25, 0.3) is 0 Å². The summed E-state index contributed by atoms with van der Waals surface area (Å²) in [7, 11) is 0. The van der Waals surface area contributed by atoms with Gasteiger partial charge < -0.3 is 10.0 Å². The van der Waals surface area contributed by atoms with Gasteiger partial charge in [0.2, 0.25) is 5.91 Å². The normalized spacial score (nSPS) is 11.5. The van der Waals surface area contributed by atoms with Crippen LogP contribution >= 0.6 is 11.3 Å². The molecule has 0 saturated heterocycles. The number of amides is 1. The Kier molecular flexibility index (Phi) is 5.91. The Bertz CT molecular complexity index is 632. The monoisotopic (exact) mass is 332 g/mol. The van der Waals surface area contributed by atoms with Crippen molar-refractivity contribution in [2.45, 2.75) is 45.8 Å². The van der Waals surface area contributed by atoms with E-state index in [1.54, 1.807) is 30.1 Å². The van der Waals surface area contributed by atoms with Crippen LogP contribution in [0.4, 0.5) is 0 Å². The molecule has 2 aromatic rings. The minimum absolute atomic E-state index is 0.0102. The molecular weight excluding hydrogens is 308 g/mol. The van der Waals surface area contributed by atoms with E-state index in [2.05, 4.69) is 11.9 Å². The van der Waals surface area contributed by atoms with Gasteiger partial charge in [-0.2, -0.15) is 0 Å². The topological polar surface area (TPSA) is 53.4 Å². The van der Waals surface area contributed by atoms with E-state index in [9.17, 15) is 9.90 Å². The number of hydrogen-bond acceptors (Lipinski definition) is 4. The molecule has 0 unspecified atom stereocenters. The molecule has 2 rings (SSSR count). The third-order valence-corrected chi connectivity index (χ3v) is 4.42. The first kappa shape index (κ1) is 17.6. The molecule has 1 heterocycles. The number of aryl methyl sites for hydroxylation is 1. The second-order valence-corrected chi connectivity index (χ2v) is 7.25. The number of rotatable bonds is 7. The van der Waals surface area contributed by atoms with Crippen molar-refractivity contribution in [3.63, 3.8) is 0 Å². The summed E-state index contributed by atoms with van der Waals surface area (Å²) in [6.07, 6.45) is 1.16. The molecule has 1 N–H and O–H groups in total. The molecule has 0 aliphatic carbocycles. The summed E-state index contributed by atoms with van der Waals surface area (Å²) in [6.45, 7) is 6.28. The summed E-state index contributed by atoms with van der Waals surface area (Å²) < 4.78 is 0. The molecule has 0 aliphatic heterocycles. The SMILES string of the molecule is CCc1nc(CC(=O)N(Cc2ccccc2)CC(C)(C)O)cs1. The second-order valence-electron chi connectivity index (χ2n) is 6.31. The first-order valence-corrected chi connectivity index (χ1v) is 8.72. The van der Waals surface area contributed by atoms with Crippen LogP contribution in [0.15, 0.2) is 35.7 Å². The maximum atomic E-state index is 12.7. The molecule has 124 valence electrons. The van der Waals surface area contributed by atoms with Crippen molar-refractivity contribution in [3.05, 3.63) is 52.0 Å². The quantitative estimate of drug-likeness (QED) is 0.848. The van der Waals surface area contributed by atoms with Crippen LogP contribution < -0.4 is 0 Å². The molecule has 0 radical (unpaired) electrons. The van der Waals surface area contributed by atoms with Crippen molar-refractivity contribution < 1.29 is 9.90 Å². The van der Waals surface area contributed by atoms with E-state index >= 15 is 0 Å². The van der Waals surface area contributed by atoms with Crippen molar-refractivity contribution in [2.24, 2.45) is 0 Å². The average Bonchev–Trinajstić information content (AvgIpc) is 2.94. The third-order valence-electron chi connectivity index (χ3n) is 3.38. The van der Waals surface area contributed by atoms with Gasteiger partial charge >= 0.3 is 0 Å². The standard InChI is InChI=1S/C18H24N2O2S/c1-4-16-19-15(12-23-16)10-17(21)20(13-18(2,3)22)11-14-8-6-5-7-9-14/h5-9,12,22H,4,10-11,13H2,1-3H3. The van der Waals surface area contributed by atoms with Crippen molar-refractivity contribution in [3.8, 4) is 0 Å². The van der Waals surface area contributed by atoms with Gasteiger partial charge in [-0.1, -0.05) is 37.3 Å². The molecular formula is C18H24N2O2S. The van der Waals surface area contributed by atoms with Crippen molar-refractivity contribution >= 4 is 17.2 Å². The Morgan fingerprint density at radius 2 is 2.00 bits per heavy atom. The highest BCUT2D eigenvalue weighted by Crippen LogP contribution is 2.15. The van der Waals surface area contributed by atoms with E-state index in [-0.39, 0.29) is 12.3 Å². The average molecular weight is 332 g/mol. The molecule has 1 amide bonds. The number of benzene rings is 1. The lowest BCUT2D eigenvalue weighted by Gasteiger charge is -2.29. The van der Waals surface area contributed by atoms with E-state index in [1.165, 1.54) is 0 Å². The zero-order chi connectivity index (χ0) is 16.9. The lowest BCUT2D eigenvalue weighted by atomic mass is 10.1. The third kappa shape index (κ3) is 5.77.